The van der Waals surface area contributed by atoms with E-state index in [9.17, 15) is 9.18 Å². The van der Waals surface area contributed by atoms with Crippen molar-refractivity contribution in [2.24, 2.45) is 11.8 Å². The topological polar surface area (TPSA) is 38.8 Å². The average molecular weight is 369 g/mol. The summed E-state index contributed by atoms with van der Waals surface area (Å²) in [5.74, 6) is 1.93. The third kappa shape index (κ3) is 3.77. The molecule has 1 aliphatic carbocycles. The second-order valence-corrected chi connectivity index (χ2v) is 7.40. The number of ether oxygens (including phenoxy) is 2. The van der Waals surface area contributed by atoms with Crippen molar-refractivity contribution in [3.8, 4) is 11.5 Å². The van der Waals surface area contributed by atoms with Crippen LogP contribution < -0.4 is 9.47 Å². The van der Waals surface area contributed by atoms with Crippen LogP contribution in [-0.4, -0.2) is 37.1 Å². The highest BCUT2D eigenvalue weighted by Crippen LogP contribution is 2.40. The molecular formula is C22H24FNO3. The van der Waals surface area contributed by atoms with Gasteiger partial charge in [0, 0.05) is 30.6 Å². The Morgan fingerprint density at radius 1 is 1.15 bits per heavy atom. The lowest BCUT2D eigenvalue weighted by Gasteiger charge is -2.22. The summed E-state index contributed by atoms with van der Waals surface area (Å²) < 4.78 is 24.8. The maximum absolute atomic E-state index is 13.4. The average Bonchev–Trinajstić information content (AvgIpc) is 3.24. The highest BCUT2D eigenvalue weighted by molar-refractivity contribution is 5.79. The summed E-state index contributed by atoms with van der Waals surface area (Å²) in [6, 6.07) is 13.9. The van der Waals surface area contributed by atoms with Crippen molar-refractivity contribution < 1.29 is 18.7 Å². The van der Waals surface area contributed by atoms with E-state index in [2.05, 4.69) is 0 Å². The summed E-state index contributed by atoms with van der Waals surface area (Å²) in [6.07, 6.45) is 2.39. The summed E-state index contributed by atoms with van der Waals surface area (Å²) in [6.45, 7) is 1.49. The van der Waals surface area contributed by atoms with Crippen molar-refractivity contribution in [1.82, 2.24) is 4.90 Å². The van der Waals surface area contributed by atoms with Gasteiger partial charge in [-0.2, -0.15) is 0 Å². The molecule has 3 atom stereocenters. The Labute approximate surface area is 158 Å². The minimum absolute atomic E-state index is 0.0425. The lowest BCUT2D eigenvalue weighted by Crippen LogP contribution is -2.33. The fourth-order valence-corrected chi connectivity index (χ4v) is 4.40. The van der Waals surface area contributed by atoms with Crippen LogP contribution in [0, 0.1) is 17.7 Å². The Bertz CT molecular complexity index is 825. The largest absolute Gasteiger partial charge is 0.496 e. The molecule has 2 fully saturated rings. The van der Waals surface area contributed by atoms with Gasteiger partial charge in [-0.25, -0.2) is 4.39 Å². The first-order chi connectivity index (χ1) is 13.1. The number of hydrogen-bond acceptors (Lipinski definition) is 3. The molecule has 1 heterocycles. The number of methoxy groups -OCH3 is 1. The van der Waals surface area contributed by atoms with Crippen LogP contribution >= 0.6 is 0 Å². The first-order valence-electron chi connectivity index (χ1n) is 9.46. The van der Waals surface area contributed by atoms with Gasteiger partial charge in [0.1, 0.15) is 23.4 Å². The first kappa shape index (κ1) is 17.8. The zero-order valence-corrected chi connectivity index (χ0v) is 15.4. The maximum atomic E-state index is 13.4. The number of benzene rings is 2. The standard InChI is InChI=1S/C22H24FNO3/c1-26-20-8-3-2-5-15(20)11-22(25)24-13-16-9-10-21(19(16)14-24)27-18-7-4-6-17(23)12-18/h2-8,12,16,19,21H,9-11,13-14H2,1H3/t16-,19+,21-/m0/s1. The third-order valence-electron chi connectivity index (χ3n) is 5.76. The number of rotatable bonds is 5. The van der Waals surface area contributed by atoms with Gasteiger partial charge < -0.3 is 14.4 Å². The summed E-state index contributed by atoms with van der Waals surface area (Å²) in [7, 11) is 1.62. The van der Waals surface area contributed by atoms with Crippen LogP contribution in [0.4, 0.5) is 4.39 Å². The number of halogens is 1. The van der Waals surface area contributed by atoms with Crippen molar-refractivity contribution >= 4 is 5.91 Å². The summed E-state index contributed by atoms with van der Waals surface area (Å²) >= 11 is 0. The Balaban J connectivity index is 1.39. The predicted molar refractivity (Wildman–Crippen MR) is 100 cm³/mol. The number of amides is 1. The highest BCUT2D eigenvalue weighted by atomic mass is 19.1. The molecule has 1 saturated heterocycles. The summed E-state index contributed by atoms with van der Waals surface area (Å²) in [5, 5.41) is 0. The fraction of sp³-hybridized carbons (Fsp3) is 0.409. The van der Waals surface area contributed by atoms with Crippen LogP contribution in [0.3, 0.4) is 0 Å². The maximum Gasteiger partial charge on any atom is 0.227 e. The molecule has 4 rings (SSSR count). The molecule has 2 aliphatic rings. The Kier molecular flexibility index (Phi) is 5.01. The van der Waals surface area contributed by atoms with Gasteiger partial charge in [0.05, 0.1) is 13.5 Å². The molecule has 0 bridgehead atoms. The first-order valence-corrected chi connectivity index (χ1v) is 9.46. The molecular weight excluding hydrogens is 345 g/mol. The number of para-hydroxylation sites is 1. The number of likely N-dealkylation sites (tertiary alicyclic amines) is 1. The molecule has 2 aromatic carbocycles. The molecule has 1 aliphatic heterocycles. The second kappa shape index (κ2) is 7.59. The molecule has 0 radical (unpaired) electrons. The summed E-state index contributed by atoms with van der Waals surface area (Å²) in [4.78, 5) is 14.8. The van der Waals surface area contributed by atoms with Gasteiger partial charge in [0.25, 0.3) is 0 Å². The van der Waals surface area contributed by atoms with Crippen LogP contribution in [0.1, 0.15) is 18.4 Å². The van der Waals surface area contributed by atoms with Gasteiger partial charge in [-0.15, -0.1) is 0 Å². The zero-order valence-electron chi connectivity index (χ0n) is 15.4. The van der Waals surface area contributed by atoms with Crippen molar-refractivity contribution in [3.05, 3.63) is 59.9 Å². The van der Waals surface area contributed by atoms with E-state index in [1.165, 1.54) is 12.1 Å². The Morgan fingerprint density at radius 2 is 2.00 bits per heavy atom. The van der Waals surface area contributed by atoms with Gasteiger partial charge in [-0.3, -0.25) is 4.79 Å². The van der Waals surface area contributed by atoms with Crippen LogP contribution in [0.2, 0.25) is 0 Å². The van der Waals surface area contributed by atoms with Gasteiger partial charge in [0.15, 0.2) is 0 Å². The van der Waals surface area contributed by atoms with Crippen molar-refractivity contribution in [3.63, 3.8) is 0 Å². The number of fused-ring (bicyclic) bond motifs is 1. The second-order valence-electron chi connectivity index (χ2n) is 7.40. The number of hydrogen-bond donors (Lipinski definition) is 0. The molecule has 0 unspecified atom stereocenters. The van der Waals surface area contributed by atoms with E-state index in [0.717, 1.165) is 30.7 Å². The van der Waals surface area contributed by atoms with Crippen molar-refractivity contribution in [1.29, 1.82) is 0 Å². The normalized spacial score (nSPS) is 23.9. The Morgan fingerprint density at radius 3 is 2.81 bits per heavy atom. The molecule has 1 amide bonds. The van der Waals surface area contributed by atoms with Crippen LogP contribution in [0.15, 0.2) is 48.5 Å². The minimum atomic E-state index is -0.290. The molecule has 142 valence electrons. The van der Waals surface area contributed by atoms with Gasteiger partial charge in [-0.05, 0) is 37.0 Å². The lowest BCUT2D eigenvalue weighted by molar-refractivity contribution is -0.129. The van der Waals surface area contributed by atoms with E-state index in [0.29, 0.717) is 30.6 Å². The van der Waals surface area contributed by atoms with Gasteiger partial charge in [-0.1, -0.05) is 24.3 Å². The van der Waals surface area contributed by atoms with E-state index >= 15 is 0 Å². The molecule has 27 heavy (non-hydrogen) atoms. The van der Waals surface area contributed by atoms with Crippen LogP contribution in [0.5, 0.6) is 11.5 Å². The zero-order chi connectivity index (χ0) is 18.8. The third-order valence-corrected chi connectivity index (χ3v) is 5.76. The molecule has 0 spiro atoms. The molecule has 0 N–H and O–H groups in total. The molecule has 1 saturated carbocycles. The fourth-order valence-electron chi connectivity index (χ4n) is 4.40. The quantitative estimate of drug-likeness (QED) is 0.807. The predicted octanol–water partition coefficient (Wildman–Crippen LogP) is 3.69. The Hall–Kier alpha value is -2.56. The van der Waals surface area contributed by atoms with E-state index in [4.69, 9.17) is 9.47 Å². The number of carbonyl (C=O) groups excluding carboxylic acids is 1. The lowest BCUT2D eigenvalue weighted by atomic mass is 9.99. The molecule has 0 aromatic heterocycles. The SMILES string of the molecule is COc1ccccc1CC(=O)N1C[C@@H]2CC[C@H](Oc3cccc(F)c3)[C@@H]2C1. The van der Waals surface area contributed by atoms with Gasteiger partial charge >= 0.3 is 0 Å². The van der Waals surface area contributed by atoms with E-state index < -0.39 is 0 Å². The molecule has 2 aromatic rings. The van der Waals surface area contributed by atoms with Crippen molar-refractivity contribution in [2.45, 2.75) is 25.4 Å². The van der Waals surface area contributed by atoms with E-state index in [1.54, 1.807) is 19.2 Å². The molecule has 4 nitrogen and oxygen atoms in total. The van der Waals surface area contributed by atoms with E-state index in [-0.39, 0.29) is 17.8 Å². The highest BCUT2D eigenvalue weighted by Gasteiger charge is 2.45. The smallest absolute Gasteiger partial charge is 0.227 e. The van der Waals surface area contributed by atoms with Crippen molar-refractivity contribution in [2.75, 3.05) is 20.2 Å². The van der Waals surface area contributed by atoms with Crippen LogP contribution in [0.25, 0.3) is 0 Å². The monoisotopic (exact) mass is 369 g/mol. The van der Waals surface area contributed by atoms with E-state index in [1.807, 2.05) is 29.2 Å². The summed E-state index contributed by atoms with van der Waals surface area (Å²) in [5.41, 5.74) is 0.912. The van der Waals surface area contributed by atoms with Crippen LogP contribution in [-0.2, 0) is 11.2 Å². The minimum Gasteiger partial charge on any atom is -0.496 e. The van der Waals surface area contributed by atoms with Gasteiger partial charge in [0.2, 0.25) is 5.91 Å². The molecule has 5 heteroatoms. The number of nitrogens with zero attached hydrogens (tertiary/aromatic N) is 1. The number of carbonyl (C=O) groups is 1.